The molecule has 1 N–H and O–H groups in total. The molecule has 0 aliphatic heterocycles. The Bertz CT molecular complexity index is 878. The van der Waals surface area contributed by atoms with Crippen LogP contribution >= 0.6 is 11.3 Å². The van der Waals surface area contributed by atoms with Crippen LogP contribution in [0.3, 0.4) is 0 Å². The normalized spacial score (nSPS) is 12.1. The second-order valence-electron chi connectivity index (χ2n) is 5.50. The number of benzene rings is 1. The van der Waals surface area contributed by atoms with E-state index in [2.05, 4.69) is 4.98 Å². The highest BCUT2D eigenvalue weighted by Crippen LogP contribution is 2.24. The molecule has 0 fully saturated rings. The molecule has 0 saturated heterocycles. The Labute approximate surface area is 158 Å². The molecule has 0 atom stereocenters. The van der Waals surface area contributed by atoms with Gasteiger partial charge in [0.2, 0.25) is 10.0 Å². The minimum Gasteiger partial charge on any atom is -0.465 e. The van der Waals surface area contributed by atoms with E-state index in [1.165, 1.54) is 42.5 Å². The predicted octanol–water partition coefficient (Wildman–Crippen LogP) is 3.15. The van der Waals surface area contributed by atoms with Gasteiger partial charge in [-0.25, -0.2) is 18.1 Å². The SMILES string of the molecule is CC(=O)OCCc1nc(-c2ccc(S(=O)(=O)NCCC(F)(F)F)cc2)cs1. The van der Waals surface area contributed by atoms with Gasteiger partial charge in [0.15, 0.2) is 0 Å². The Kier molecular flexibility index (Phi) is 6.95. The number of sulfonamides is 1. The van der Waals surface area contributed by atoms with E-state index >= 15 is 0 Å². The number of carbonyl (C=O) groups is 1. The van der Waals surface area contributed by atoms with Crippen molar-refractivity contribution in [3.8, 4) is 11.3 Å². The van der Waals surface area contributed by atoms with Gasteiger partial charge in [0.25, 0.3) is 0 Å². The zero-order chi connectivity index (χ0) is 20.1. The topological polar surface area (TPSA) is 85.4 Å². The van der Waals surface area contributed by atoms with Gasteiger partial charge in [-0.2, -0.15) is 13.2 Å². The number of thiazole rings is 1. The molecule has 6 nitrogen and oxygen atoms in total. The summed E-state index contributed by atoms with van der Waals surface area (Å²) in [4.78, 5) is 15.0. The van der Waals surface area contributed by atoms with Crippen molar-refractivity contribution in [2.45, 2.75) is 30.8 Å². The third-order valence-electron chi connectivity index (χ3n) is 3.33. The van der Waals surface area contributed by atoms with Crippen LogP contribution in [0.2, 0.25) is 0 Å². The van der Waals surface area contributed by atoms with Crippen LogP contribution in [-0.2, 0) is 26.0 Å². The highest BCUT2D eigenvalue weighted by atomic mass is 32.2. The van der Waals surface area contributed by atoms with Crippen LogP contribution in [0.25, 0.3) is 11.3 Å². The number of hydrogen-bond acceptors (Lipinski definition) is 6. The van der Waals surface area contributed by atoms with Gasteiger partial charge in [0.05, 0.1) is 28.6 Å². The van der Waals surface area contributed by atoms with Gasteiger partial charge < -0.3 is 4.74 Å². The standard InChI is InChI=1S/C16H17F3N2O4S2/c1-11(22)25-9-6-15-21-14(10-26-15)12-2-4-13(5-3-12)27(23,24)20-8-7-16(17,18)19/h2-5,10,20H,6-9H2,1H3. The molecular weight excluding hydrogens is 405 g/mol. The molecule has 0 unspecified atom stereocenters. The molecule has 0 aliphatic carbocycles. The lowest BCUT2D eigenvalue weighted by molar-refractivity contribution is -0.140. The molecule has 27 heavy (non-hydrogen) atoms. The Hall–Kier alpha value is -1.98. The van der Waals surface area contributed by atoms with Crippen LogP contribution in [0.1, 0.15) is 18.4 Å². The molecule has 0 radical (unpaired) electrons. The van der Waals surface area contributed by atoms with Gasteiger partial charge in [-0.1, -0.05) is 12.1 Å². The molecule has 1 heterocycles. The van der Waals surface area contributed by atoms with Crippen molar-refractivity contribution in [3.05, 3.63) is 34.7 Å². The highest BCUT2D eigenvalue weighted by molar-refractivity contribution is 7.89. The molecule has 11 heteroatoms. The minimum absolute atomic E-state index is 0.126. The number of esters is 1. The van der Waals surface area contributed by atoms with E-state index in [0.29, 0.717) is 17.7 Å². The number of carbonyl (C=O) groups excluding carboxylic acids is 1. The van der Waals surface area contributed by atoms with Crippen LogP contribution in [0.15, 0.2) is 34.5 Å². The number of rotatable bonds is 8. The maximum Gasteiger partial charge on any atom is 0.390 e. The summed E-state index contributed by atoms with van der Waals surface area (Å²) >= 11 is 1.38. The number of aromatic nitrogens is 1. The maximum atomic E-state index is 12.1. The van der Waals surface area contributed by atoms with E-state index < -0.39 is 29.2 Å². The van der Waals surface area contributed by atoms with Crippen molar-refractivity contribution in [3.63, 3.8) is 0 Å². The average molecular weight is 422 g/mol. The first-order chi connectivity index (χ1) is 12.6. The predicted molar refractivity (Wildman–Crippen MR) is 93.7 cm³/mol. The van der Waals surface area contributed by atoms with Gasteiger partial charge in [-0.15, -0.1) is 11.3 Å². The fourth-order valence-electron chi connectivity index (χ4n) is 2.06. The number of alkyl halides is 3. The second-order valence-corrected chi connectivity index (χ2v) is 8.21. The molecule has 0 bridgehead atoms. The number of halogens is 3. The zero-order valence-corrected chi connectivity index (χ0v) is 15.9. The molecule has 148 valence electrons. The Balaban J connectivity index is 2.00. The van der Waals surface area contributed by atoms with Crippen molar-refractivity contribution in [2.75, 3.05) is 13.2 Å². The summed E-state index contributed by atoms with van der Waals surface area (Å²) < 4.78 is 67.2. The van der Waals surface area contributed by atoms with E-state index in [4.69, 9.17) is 4.74 Å². The summed E-state index contributed by atoms with van der Waals surface area (Å²) in [6.45, 7) is 0.829. The number of hydrogen-bond donors (Lipinski definition) is 1. The largest absolute Gasteiger partial charge is 0.465 e. The molecule has 0 saturated carbocycles. The van der Waals surface area contributed by atoms with Crippen molar-refractivity contribution >= 4 is 27.3 Å². The molecule has 2 aromatic rings. The van der Waals surface area contributed by atoms with E-state index in [1.54, 1.807) is 5.38 Å². The summed E-state index contributed by atoms with van der Waals surface area (Å²) in [7, 11) is -4.01. The first kappa shape index (κ1) is 21.3. The second kappa shape index (κ2) is 8.81. The molecular formula is C16H17F3N2O4S2. The Morgan fingerprint density at radius 3 is 2.52 bits per heavy atom. The first-order valence-electron chi connectivity index (χ1n) is 7.81. The number of ether oxygens (including phenoxy) is 1. The van der Waals surface area contributed by atoms with Crippen LogP contribution in [-0.4, -0.2) is 38.7 Å². The van der Waals surface area contributed by atoms with E-state index in [0.717, 1.165) is 5.01 Å². The molecule has 0 amide bonds. The van der Waals surface area contributed by atoms with Gasteiger partial charge in [0.1, 0.15) is 0 Å². The van der Waals surface area contributed by atoms with Crippen LogP contribution in [0.5, 0.6) is 0 Å². The summed E-state index contributed by atoms with van der Waals surface area (Å²) in [6.07, 6.45) is -5.19. The van der Waals surface area contributed by atoms with Crippen LogP contribution in [0.4, 0.5) is 13.2 Å². The number of nitrogens with zero attached hydrogens (tertiary/aromatic N) is 1. The fraction of sp³-hybridized carbons (Fsp3) is 0.375. The molecule has 0 spiro atoms. The monoisotopic (exact) mass is 422 g/mol. The maximum absolute atomic E-state index is 12.1. The van der Waals surface area contributed by atoms with Gasteiger partial charge >= 0.3 is 12.1 Å². The average Bonchev–Trinajstić information content (AvgIpc) is 3.02. The lowest BCUT2D eigenvalue weighted by Crippen LogP contribution is -2.28. The Morgan fingerprint density at radius 2 is 1.93 bits per heavy atom. The summed E-state index contributed by atoms with van der Waals surface area (Å²) in [6, 6.07) is 5.68. The van der Waals surface area contributed by atoms with Crippen molar-refractivity contribution in [1.82, 2.24) is 9.71 Å². The first-order valence-corrected chi connectivity index (χ1v) is 10.2. The number of nitrogens with one attached hydrogen (secondary N) is 1. The molecule has 1 aromatic carbocycles. The summed E-state index contributed by atoms with van der Waals surface area (Å²) in [5.41, 5.74) is 1.30. The molecule has 1 aromatic heterocycles. The third-order valence-corrected chi connectivity index (χ3v) is 5.72. The fourth-order valence-corrected chi connectivity index (χ4v) is 3.88. The lowest BCUT2D eigenvalue weighted by atomic mass is 10.2. The van der Waals surface area contributed by atoms with Gasteiger partial charge in [-0.3, -0.25) is 4.79 Å². The van der Waals surface area contributed by atoms with Crippen molar-refractivity contribution in [2.24, 2.45) is 0 Å². The zero-order valence-electron chi connectivity index (χ0n) is 14.2. The Morgan fingerprint density at radius 1 is 1.26 bits per heavy atom. The third kappa shape index (κ3) is 6.92. The van der Waals surface area contributed by atoms with Crippen molar-refractivity contribution in [1.29, 1.82) is 0 Å². The smallest absolute Gasteiger partial charge is 0.390 e. The van der Waals surface area contributed by atoms with Gasteiger partial charge in [0, 0.05) is 30.8 Å². The molecule has 0 aliphatic rings. The van der Waals surface area contributed by atoms with E-state index in [-0.39, 0.29) is 17.5 Å². The molecule has 2 rings (SSSR count). The van der Waals surface area contributed by atoms with Crippen molar-refractivity contribution < 1.29 is 31.1 Å². The van der Waals surface area contributed by atoms with E-state index in [1.807, 2.05) is 4.72 Å². The summed E-state index contributed by atoms with van der Waals surface area (Å²) in [5.74, 6) is -0.368. The quantitative estimate of drug-likeness (QED) is 0.661. The van der Waals surface area contributed by atoms with E-state index in [9.17, 15) is 26.4 Å². The summed E-state index contributed by atoms with van der Waals surface area (Å²) in [5, 5.41) is 2.55. The van der Waals surface area contributed by atoms with Crippen LogP contribution in [0, 0.1) is 0 Å². The van der Waals surface area contributed by atoms with Gasteiger partial charge in [-0.05, 0) is 12.1 Å². The highest BCUT2D eigenvalue weighted by Gasteiger charge is 2.27. The lowest BCUT2D eigenvalue weighted by Gasteiger charge is -2.09. The minimum atomic E-state index is -4.43. The van der Waals surface area contributed by atoms with Crippen LogP contribution < -0.4 is 4.72 Å².